The minimum absolute atomic E-state index is 0.346. The maximum Gasteiger partial charge on any atom is 0.336 e. The van der Waals surface area contributed by atoms with Gasteiger partial charge in [0.1, 0.15) is 11.9 Å². The van der Waals surface area contributed by atoms with Crippen LogP contribution < -0.4 is 5.63 Å². The number of hydrogen-bond donors (Lipinski definition) is 0. The summed E-state index contributed by atoms with van der Waals surface area (Å²) in [5, 5.41) is 0.940. The molecule has 4 rings (SSSR count). The molecule has 0 unspecified atom stereocenters. The van der Waals surface area contributed by atoms with Gasteiger partial charge in [-0.1, -0.05) is 30.3 Å². The van der Waals surface area contributed by atoms with Crippen molar-refractivity contribution in [2.45, 2.75) is 13.8 Å². The molecule has 2 aromatic carbocycles. The number of aromatic nitrogens is 2. The first-order chi connectivity index (χ1) is 12.1. The zero-order chi connectivity index (χ0) is 17.4. The van der Waals surface area contributed by atoms with Gasteiger partial charge in [0, 0.05) is 35.0 Å². The summed E-state index contributed by atoms with van der Waals surface area (Å²) in [7, 11) is 0. The summed E-state index contributed by atoms with van der Waals surface area (Å²) in [6, 6.07) is 13.4. The molecule has 0 saturated heterocycles. The van der Waals surface area contributed by atoms with E-state index in [1.54, 1.807) is 18.5 Å². The van der Waals surface area contributed by atoms with Gasteiger partial charge in [-0.2, -0.15) is 0 Å². The first kappa shape index (κ1) is 15.3. The third kappa shape index (κ3) is 2.62. The summed E-state index contributed by atoms with van der Waals surface area (Å²) in [6.45, 7) is 4.05. The average molecular weight is 328 g/mol. The SMILES string of the molecule is Cc1cc2oc(=O)cc(-c3ccccc3)c2c(C)c1-c1cncnc1. The summed E-state index contributed by atoms with van der Waals surface area (Å²) >= 11 is 0. The van der Waals surface area contributed by atoms with Crippen LogP contribution in [0.3, 0.4) is 0 Å². The normalized spacial score (nSPS) is 11.0. The van der Waals surface area contributed by atoms with Gasteiger partial charge in [0.05, 0.1) is 0 Å². The van der Waals surface area contributed by atoms with Crippen LogP contribution in [-0.4, -0.2) is 9.97 Å². The lowest BCUT2D eigenvalue weighted by Gasteiger charge is -2.15. The minimum Gasteiger partial charge on any atom is -0.423 e. The summed E-state index contributed by atoms with van der Waals surface area (Å²) in [6.07, 6.45) is 5.12. The molecule has 0 aliphatic rings. The molecule has 2 heterocycles. The molecule has 0 N–H and O–H groups in total. The number of aryl methyl sites for hydroxylation is 2. The number of benzene rings is 2. The largest absolute Gasteiger partial charge is 0.423 e. The fourth-order valence-corrected chi connectivity index (χ4v) is 3.41. The maximum absolute atomic E-state index is 12.1. The zero-order valence-corrected chi connectivity index (χ0v) is 14.0. The molecule has 4 aromatic rings. The summed E-state index contributed by atoms with van der Waals surface area (Å²) in [4.78, 5) is 20.3. The van der Waals surface area contributed by atoms with E-state index in [2.05, 4.69) is 9.97 Å². The predicted octanol–water partition coefficient (Wildman–Crippen LogP) is 4.53. The van der Waals surface area contributed by atoms with Gasteiger partial charge < -0.3 is 4.42 Å². The van der Waals surface area contributed by atoms with Crippen LogP contribution in [0.25, 0.3) is 33.2 Å². The fourth-order valence-electron chi connectivity index (χ4n) is 3.41. The van der Waals surface area contributed by atoms with Gasteiger partial charge in [-0.05, 0) is 42.2 Å². The van der Waals surface area contributed by atoms with Gasteiger partial charge in [0.15, 0.2) is 0 Å². The van der Waals surface area contributed by atoms with E-state index in [4.69, 9.17) is 4.42 Å². The molecule has 0 atom stereocenters. The van der Waals surface area contributed by atoms with Crippen molar-refractivity contribution in [3.05, 3.63) is 82.7 Å². The number of nitrogens with zero attached hydrogens (tertiary/aromatic N) is 2. The van der Waals surface area contributed by atoms with E-state index in [0.29, 0.717) is 5.58 Å². The van der Waals surface area contributed by atoms with Crippen LogP contribution in [0.4, 0.5) is 0 Å². The molecule has 0 radical (unpaired) electrons. The summed E-state index contributed by atoms with van der Waals surface area (Å²) in [5.41, 5.74) is 6.21. The van der Waals surface area contributed by atoms with Crippen molar-refractivity contribution in [1.29, 1.82) is 0 Å². The van der Waals surface area contributed by atoms with E-state index in [9.17, 15) is 4.79 Å². The van der Waals surface area contributed by atoms with Crippen LogP contribution in [0.5, 0.6) is 0 Å². The van der Waals surface area contributed by atoms with E-state index in [-0.39, 0.29) is 5.63 Å². The Kier molecular flexibility index (Phi) is 3.65. The molecule has 0 aliphatic carbocycles. The third-order valence-electron chi connectivity index (χ3n) is 4.41. The van der Waals surface area contributed by atoms with Gasteiger partial charge in [-0.3, -0.25) is 0 Å². The van der Waals surface area contributed by atoms with Crippen LogP contribution in [-0.2, 0) is 0 Å². The molecule has 0 aliphatic heterocycles. The highest BCUT2D eigenvalue weighted by Crippen LogP contribution is 2.37. The zero-order valence-electron chi connectivity index (χ0n) is 14.0. The van der Waals surface area contributed by atoms with Crippen LogP contribution in [0.2, 0.25) is 0 Å². The van der Waals surface area contributed by atoms with Crippen molar-refractivity contribution in [2.24, 2.45) is 0 Å². The molecule has 2 aromatic heterocycles. The molecular weight excluding hydrogens is 312 g/mol. The summed E-state index contributed by atoms with van der Waals surface area (Å²) < 4.78 is 5.49. The van der Waals surface area contributed by atoms with Crippen LogP contribution in [0.15, 0.2) is 70.4 Å². The number of fused-ring (bicyclic) bond motifs is 1. The van der Waals surface area contributed by atoms with E-state index in [0.717, 1.165) is 38.8 Å². The lowest BCUT2D eigenvalue weighted by atomic mass is 9.91. The van der Waals surface area contributed by atoms with Gasteiger partial charge in [0.25, 0.3) is 0 Å². The van der Waals surface area contributed by atoms with Crippen molar-refractivity contribution in [2.75, 3.05) is 0 Å². The van der Waals surface area contributed by atoms with Crippen LogP contribution >= 0.6 is 0 Å². The summed E-state index contributed by atoms with van der Waals surface area (Å²) in [5.74, 6) is 0. The lowest BCUT2D eigenvalue weighted by molar-refractivity contribution is 0.561. The highest BCUT2D eigenvalue weighted by molar-refractivity contribution is 6.00. The molecule has 122 valence electrons. The minimum atomic E-state index is -0.346. The molecule has 0 fully saturated rings. The molecule has 0 bridgehead atoms. The van der Waals surface area contributed by atoms with Crippen molar-refractivity contribution < 1.29 is 4.42 Å². The smallest absolute Gasteiger partial charge is 0.336 e. The molecule has 0 saturated carbocycles. The van der Waals surface area contributed by atoms with Crippen LogP contribution in [0, 0.1) is 13.8 Å². The first-order valence-electron chi connectivity index (χ1n) is 8.04. The van der Waals surface area contributed by atoms with E-state index >= 15 is 0 Å². The van der Waals surface area contributed by atoms with E-state index in [1.807, 2.05) is 50.2 Å². The Labute approximate surface area is 144 Å². The predicted molar refractivity (Wildman–Crippen MR) is 98.4 cm³/mol. The standard InChI is InChI=1S/C21H16N2O2/c1-13-8-18-21(14(2)20(13)16-10-22-12-23-11-16)17(9-19(24)25-18)15-6-4-3-5-7-15/h3-12H,1-2H3. The fraction of sp³-hybridized carbons (Fsp3) is 0.0952. The quantitative estimate of drug-likeness (QED) is 0.507. The Bertz CT molecular complexity index is 1120. The second-order valence-electron chi connectivity index (χ2n) is 6.04. The second kappa shape index (κ2) is 5.98. The van der Waals surface area contributed by atoms with E-state index in [1.165, 1.54) is 6.33 Å². The highest BCUT2D eigenvalue weighted by Gasteiger charge is 2.16. The Morgan fingerprint density at radius 3 is 2.36 bits per heavy atom. The molecular formula is C21H16N2O2. The Morgan fingerprint density at radius 2 is 1.64 bits per heavy atom. The molecule has 0 spiro atoms. The van der Waals surface area contributed by atoms with Crippen molar-refractivity contribution in [3.8, 4) is 22.3 Å². The topological polar surface area (TPSA) is 56.0 Å². The van der Waals surface area contributed by atoms with Gasteiger partial charge in [-0.25, -0.2) is 14.8 Å². The first-order valence-corrected chi connectivity index (χ1v) is 8.04. The molecule has 4 nitrogen and oxygen atoms in total. The van der Waals surface area contributed by atoms with Gasteiger partial charge in [0.2, 0.25) is 0 Å². The third-order valence-corrected chi connectivity index (χ3v) is 4.41. The highest BCUT2D eigenvalue weighted by atomic mass is 16.4. The Balaban J connectivity index is 2.13. The Morgan fingerprint density at radius 1 is 0.920 bits per heavy atom. The maximum atomic E-state index is 12.1. The second-order valence-corrected chi connectivity index (χ2v) is 6.04. The molecule has 4 heteroatoms. The number of rotatable bonds is 2. The van der Waals surface area contributed by atoms with Crippen molar-refractivity contribution in [1.82, 2.24) is 9.97 Å². The van der Waals surface area contributed by atoms with Gasteiger partial charge >= 0.3 is 5.63 Å². The van der Waals surface area contributed by atoms with Crippen molar-refractivity contribution >= 4 is 11.0 Å². The monoisotopic (exact) mass is 328 g/mol. The van der Waals surface area contributed by atoms with Crippen molar-refractivity contribution in [3.63, 3.8) is 0 Å². The number of hydrogen-bond acceptors (Lipinski definition) is 4. The van der Waals surface area contributed by atoms with E-state index < -0.39 is 0 Å². The molecule has 25 heavy (non-hydrogen) atoms. The lowest BCUT2D eigenvalue weighted by Crippen LogP contribution is -2.01. The van der Waals surface area contributed by atoms with Crippen LogP contribution in [0.1, 0.15) is 11.1 Å². The Hall–Kier alpha value is -3.27. The molecule has 0 amide bonds. The van der Waals surface area contributed by atoms with Gasteiger partial charge in [-0.15, -0.1) is 0 Å². The average Bonchev–Trinajstić information content (AvgIpc) is 2.62.